The lowest BCUT2D eigenvalue weighted by molar-refractivity contribution is -0.145. The van der Waals surface area contributed by atoms with E-state index in [1.54, 1.807) is 0 Å². The smallest absolute Gasteiger partial charge is 0.332 e. The lowest BCUT2D eigenvalue weighted by atomic mass is 10.0. The van der Waals surface area contributed by atoms with Crippen LogP contribution < -0.4 is 5.73 Å². The number of nitrogens with two attached hydrogens (primary N) is 1. The number of unbranched alkanes of at least 4 members (excludes halogenated alkanes) is 18. The van der Waals surface area contributed by atoms with Crippen LogP contribution in [0.3, 0.4) is 0 Å². The standard InChI is InChI=1S/C24H51N.C3H6O3/c1-24(2)22-20-18-16-14-12-10-8-6-4-3-5-7-9-11-13-15-17-19-21-23-25;1-2(4)3(5)6/h24H,3-23,25H2,1-2H3;2,4H,1H3,(H,5,6). The molecular formula is C27H57NO3. The molecule has 0 aromatic carbocycles. The van der Waals surface area contributed by atoms with Gasteiger partial charge in [0.05, 0.1) is 0 Å². The molecule has 0 aliphatic heterocycles. The predicted octanol–water partition coefficient (Wildman–Crippen LogP) is 7.85. The van der Waals surface area contributed by atoms with Gasteiger partial charge in [-0.25, -0.2) is 4.79 Å². The number of rotatable bonds is 22. The van der Waals surface area contributed by atoms with Gasteiger partial charge in [0.1, 0.15) is 6.10 Å². The van der Waals surface area contributed by atoms with Crippen LogP contribution in [-0.4, -0.2) is 28.8 Å². The number of carboxylic acid groups (broad SMARTS) is 1. The monoisotopic (exact) mass is 443 g/mol. The van der Waals surface area contributed by atoms with Gasteiger partial charge in [-0.05, 0) is 25.8 Å². The van der Waals surface area contributed by atoms with Gasteiger partial charge in [0.2, 0.25) is 0 Å². The Hall–Kier alpha value is -0.610. The van der Waals surface area contributed by atoms with Gasteiger partial charge in [0, 0.05) is 0 Å². The lowest BCUT2D eigenvalue weighted by Crippen LogP contribution is -2.13. The van der Waals surface area contributed by atoms with Crippen LogP contribution in [0.4, 0.5) is 0 Å². The third-order valence-corrected chi connectivity index (χ3v) is 5.84. The molecule has 0 radical (unpaired) electrons. The average molecular weight is 444 g/mol. The summed E-state index contributed by atoms with van der Waals surface area (Å²) in [5.74, 6) is -0.290. The van der Waals surface area contributed by atoms with Crippen molar-refractivity contribution in [3.05, 3.63) is 0 Å². The molecule has 4 heteroatoms. The van der Waals surface area contributed by atoms with Crippen LogP contribution in [0.1, 0.15) is 149 Å². The van der Waals surface area contributed by atoms with E-state index in [9.17, 15) is 4.79 Å². The molecule has 188 valence electrons. The van der Waals surface area contributed by atoms with Crippen molar-refractivity contribution in [2.75, 3.05) is 6.54 Å². The summed E-state index contributed by atoms with van der Waals surface area (Å²) in [6, 6.07) is 0. The van der Waals surface area contributed by atoms with E-state index in [0.29, 0.717) is 0 Å². The number of carbonyl (C=O) groups is 1. The van der Waals surface area contributed by atoms with Crippen molar-refractivity contribution in [3.8, 4) is 0 Å². The summed E-state index contributed by atoms with van der Waals surface area (Å²) in [6.07, 6.45) is 27.6. The van der Waals surface area contributed by atoms with E-state index in [2.05, 4.69) is 13.8 Å². The van der Waals surface area contributed by atoms with Crippen LogP contribution in [0.15, 0.2) is 0 Å². The third kappa shape index (κ3) is 34.2. The summed E-state index contributed by atoms with van der Waals surface area (Å²) in [5, 5.41) is 15.8. The van der Waals surface area contributed by atoms with Crippen LogP contribution in [-0.2, 0) is 4.79 Å². The molecule has 0 spiro atoms. The molecule has 0 heterocycles. The van der Waals surface area contributed by atoms with E-state index in [1.165, 1.54) is 135 Å². The van der Waals surface area contributed by atoms with E-state index in [0.717, 1.165) is 12.5 Å². The van der Waals surface area contributed by atoms with Gasteiger partial charge in [-0.3, -0.25) is 0 Å². The Morgan fingerprint density at radius 3 is 1.00 bits per heavy atom. The van der Waals surface area contributed by atoms with Crippen molar-refractivity contribution in [1.82, 2.24) is 0 Å². The molecule has 0 aliphatic rings. The summed E-state index contributed by atoms with van der Waals surface area (Å²) in [7, 11) is 0. The second-order valence-corrected chi connectivity index (χ2v) is 9.70. The molecule has 1 unspecified atom stereocenters. The van der Waals surface area contributed by atoms with E-state index in [4.69, 9.17) is 15.9 Å². The maximum absolute atomic E-state index is 9.45. The molecule has 0 aromatic heterocycles. The highest BCUT2D eigenvalue weighted by Gasteiger charge is 2.01. The van der Waals surface area contributed by atoms with Crippen molar-refractivity contribution in [1.29, 1.82) is 0 Å². The first-order valence-electron chi connectivity index (χ1n) is 13.5. The van der Waals surface area contributed by atoms with Gasteiger partial charge in [-0.1, -0.05) is 136 Å². The van der Waals surface area contributed by atoms with Gasteiger partial charge in [-0.2, -0.15) is 0 Å². The fraction of sp³-hybridized carbons (Fsp3) is 0.963. The second-order valence-electron chi connectivity index (χ2n) is 9.70. The summed E-state index contributed by atoms with van der Waals surface area (Å²) < 4.78 is 0. The molecule has 0 rings (SSSR count). The maximum Gasteiger partial charge on any atom is 0.332 e. The molecule has 0 saturated heterocycles. The van der Waals surface area contributed by atoms with Crippen LogP contribution in [0.25, 0.3) is 0 Å². The number of aliphatic hydroxyl groups excluding tert-OH is 1. The van der Waals surface area contributed by atoms with Crippen molar-refractivity contribution < 1.29 is 15.0 Å². The minimum atomic E-state index is -1.23. The zero-order valence-electron chi connectivity index (χ0n) is 21.4. The number of carboxylic acids is 1. The van der Waals surface area contributed by atoms with Crippen LogP contribution in [0, 0.1) is 5.92 Å². The Kier molecular flexibility index (Phi) is 28.8. The Morgan fingerprint density at radius 1 is 0.581 bits per heavy atom. The molecule has 4 N–H and O–H groups in total. The van der Waals surface area contributed by atoms with Crippen LogP contribution in [0.5, 0.6) is 0 Å². The van der Waals surface area contributed by atoms with Crippen molar-refractivity contribution in [3.63, 3.8) is 0 Å². The third-order valence-electron chi connectivity index (χ3n) is 5.84. The highest BCUT2D eigenvalue weighted by Crippen LogP contribution is 2.15. The molecule has 4 nitrogen and oxygen atoms in total. The quantitative estimate of drug-likeness (QED) is 0.149. The van der Waals surface area contributed by atoms with Gasteiger partial charge < -0.3 is 15.9 Å². The summed E-state index contributed by atoms with van der Waals surface area (Å²) >= 11 is 0. The first kappa shape index (κ1) is 32.6. The molecule has 0 bridgehead atoms. The summed E-state index contributed by atoms with van der Waals surface area (Å²) in [4.78, 5) is 9.45. The predicted molar refractivity (Wildman–Crippen MR) is 136 cm³/mol. The summed E-state index contributed by atoms with van der Waals surface area (Å²) in [6.45, 7) is 6.75. The molecule has 31 heavy (non-hydrogen) atoms. The zero-order chi connectivity index (χ0) is 23.6. The minimum Gasteiger partial charge on any atom is -0.479 e. The van der Waals surface area contributed by atoms with E-state index < -0.39 is 12.1 Å². The highest BCUT2D eigenvalue weighted by molar-refractivity contribution is 5.71. The molecule has 0 amide bonds. The van der Waals surface area contributed by atoms with Crippen LogP contribution >= 0.6 is 0 Å². The first-order valence-corrected chi connectivity index (χ1v) is 13.5. The number of hydrogen-bond donors (Lipinski definition) is 3. The zero-order valence-corrected chi connectivity index (χ0v) is 21.4. The summed E-state index contributed by atoms with van der Waals surface area (Å²) in [5.41, 5.74) is 5.51. The minimum absolute atomic E-state index is 0.873. The Bertz CT molecular complexity index is 345. The second kappa shape index (κ2) is 27.4. The molecular weight excluding hydrogens is 386 g/mol. The molecule has 0 aromatic rings. The topological polar surface area (TPSA) is 83.5 Å². The van der Waals surface area contributed by atoms with E-state index >= 15 is 0 Å². The fourth-order valence-corrected chi connectivity index (χ4v) is 3.70. The average Bonchev–Trinajstić information content (AvgIpc) is 2.72. The number of aliphatic hydroxyl groups is 1. The molecule has 0 fully saturated rings. The Balaban J connectivity index is 0. The Labute approximate surface area is 194 Å². The highest BCUT2D eigenvalue weighted by atomic mass is 16.4. The first-order chi connectivity index (χ1) is 14.9. The van der Waals surface area contributed by atoms with Gasteiger partial charge >= 0.3 is 5.97 Å². The number of hydrogen-bond acceptors (Lipinski definition) is 3. The fourth-order valence-electron chi connectivity index (χ4n) is 3.70. The van der Waals surface area contributed by atoms with Crippen molar-refractivity contribution in [2.24, 2.45) is 11.7 Å². The molecule has 0 saturated carbocycles. The number of aliphatic carboxylic acids is 1. The SMILES string of the molecule is CC(C)CCCCCCCCCCCCCCCCCCCCCN.CC(O)C(=O)O. The van der Waals surface area contributed by atoms with Gasteiger partial charge in [0.15, 0.2) is 0 Å². The van der Waals surface area contributed by atoms with Gasteiger partial charge in [0.25, 0.3) is 0 Å². The Morgan fingerprint density at radius 2 is 0.806 bits per heavy atom. The van der Waals surface area contributed by atoms with Crippen molar-refractivity contribution >= 4 is 5.97 Å². The maximum atomic E-state index is 9.45. The van der Waals surface area contributed by atoms with E-state index in [-0.39, 0.29) is 0 Å². The normalized spacial score (nSPS) is 11.9. The van der Waals surface area contributed by atoms with Gasteiger partial charge in [-0.15, -0.1) is 0 Å². The largest absolute Gasteiger partial charge is 0.479 e. The molecule has 0 aliphatic carbocycles. The van der Waals surface area contributed by atoms with Crippen molar-refractivity contribution in [2.45, 2.75) is 155 Å². The molecule has 1 atom stereocenters. The lowest BCUT2D eigenvalue weighted by Gasteiger charge is -2.05. The van der Waals surface area contributed by atoms with Crippen LogP contribution in [0.2, 0.25) is 0 Å². The van der Waals surface area contributed by atoms with E-state index in [1.807, 2.05) is 0 Å².